The first-order valence-electron chi connectivity index (χ1n) is 7.03. The van der Waals surface area contributed by atoms with Gasteiger partial charge in [0.25, 0.3) is 0 Å². The molecule has 4 heteroatoms. The Hall–Kier alpha value is -1.42. The van der Waals surface area contributed by atoms with Gasteiger partial charge < -0.3 is 10.6 Å². The molecule has 0 aromatic heterocycles. The molecule has 20 heavy (non-hydrogen) atoms. The van der Waals surface area contributed by atoms with Crippen molar-refractivity contribution in [2.24, 2.45) is 11.7 Å². The molecular weight excluding hydrogens is 268 g/mol. The average Bonchev–Trinajstić information content (AvgIpc) is 2.42. The van der Waals surface area contributed by atoms with E-state index >= 15 is 0 Å². The summed E-state index contributed by atoms with van der Waals surface area (Å²) in [6.07, 6.45) is 0.579. The van der Waals surface area contributed by atoms with Crippen molar-refractivity contribution < 1.29 is 4.79 Å². The lowest BCUT2D eigenvalue weighted by molar-refractivity contribution is -0.132. The van der Waals surface area contributed by atoms with Crippen LogP contribution in [0.2, 0.25) is 0 Å². The highest BCUT2D eigenvalue weighted by atomic mass is 32.1. The van der Waals surface area contributed by atoms with Gasteiger partial charge in [0, 0.05) is 19.5 Å². The molecule has 0 bridgehead atoms. The Labute approximate surface area is 127 Å². The number of amides is 1. The number of carbonyl (C=O) groups excluding carboxylic acids is 1. The summed E-state index contributed by atoms with van der Waals surface area (Å²) < 4.78 is 0. The summed E-state index contributed by atoms with van der Waals surface area (Å²) >= 11 is 4.91. The maximum Gasteiger partial charge on any atom is 0.229 e. The third-order valence-electron chi connectivity index (χ3n) is 3.20. The van der Waals surface area contributed by atoms with Crippen LogP contribution in [0.3, 0.4) is 0 Å². The van der Waals surface area contributed by atoms with Crippen molar-refractivity contribution in [1.29, 1.82) is 0 Å². The molecule has 110 valence electrons. The van der Waals surface area contributed by atoms with Crippen LogP contribution >= 0.6 is 12.2 Å². The number of rotatable bonds is 7. The standard InChI is InChI=1S/C16H24N2OS/c1-12(2)11-18(10-9-15(17)20)16(19)13(3)14-7-5-4-6-8-14/h4-8,12-13H,9-11H2,1-3H3,(H2,17,20). The van der Waals surface area contributed by atoms with Crippen molar-refractivity contribution in [2.45, 2.75) is 33.1 Å². The topological polar surface area (TPSA) is 46.3 Å². The molecule has 2 N–H and O–H groups in total. The van der Waals surface area contributed by atoms with E-state index in [-0.39, 0.29) is 11.8 Å². The summed E-state index contributed by atoms with van der Waals surface area (Å²) in [6, 6.07) is 9.86. The summed E-state index contributed by atoms with van der Waals surface area (Å²) in [5, 5.41) is 0. The first-order valence-corrected chi connectivity index (χ1v) is 7.44. The predicted molar refractivity (Wildman–Crippen MR) is 87.7 cm³/mol. The molecule has 1 atom stereocenters. The van der Waals surface area contributed by atoms with Crippen LogP contribution in [-0.4, -0.2) is 28.9 Å². The Kier molecular flexibility index (Phi) is 6.65. The van der Waals surface area contributed by atoms with Crippen LogP contribution < -0.4 is 5.73 Å². The molecule has 1 unspecified atom stereocenters. The summed E-state index contributed by atoms with van der Waals surface area (Å²) in [4.78, 5) is 15.0. The normalized spacial score (nSPS) is 12.2. The molecule has 3 nitrogen and oxygen atoms in total. The monoisotopic (exact) mass is 292 g/mol. The zero-order chi connectivity index (χ0) is 15.1. The van der Waals surface area contributed by atoms with E-state index < -0.39 is 0 Å². The number of benzene rings is 1. The Morgan fingerprint density at radius 3 is 2.35 bits per heavy atom. The summed E-state index contributed by atoms with van der Waals surface area (Å²) in [6.45, 7) is 7.50. The highest BCUT2D eigenvalue weighted by Gasteiger charge is 2.22. The van der Waals surface area contributed by atoms with Crippen molar-refractivity contribution in [2.75, 3.05) is 13.1 Å². The lowest BCUT2D eigenvalue weighted by atomic mass is 9.99. The van der Waals surface area contributed by atoms with E-state index in [0.29, 0.717) is 23.9 Å². The van der Waals surface area contributed by atoms with Crippen molar-refractivity contribution in [1.82, 2.24) is 4.90 Å². The lowest BCUT2D eigenvalue weighted by Crippen LogP contribution is -2.38. The third-order valence-corrected chi connectivity index (χ3v) is 3.40. The van der Waals surface area contributed by atoms with E-state index in [2.05, 4.69) is 13.8 Å². The maximum atomic E-state index is 12.6. The van der Waals surface area contributed by atoms with Gasteiger partial charge in [0.1, 0.15) is 0 Å². The van der Waals surface area contributed by atoms with E-state index in [9.17, 15) is 4.79 Å². The van der Waals surface area contributed by atoms with E-state index in [1.807, 2.05) is 42.2 Å². The number of nitrogens with two attached hydrogens (primary N) is 1. The predicted octanol–water partition coefficient (Wildman–Crippen LogP) is 2.95. The molecule has 0 aliphatic rings. The summed E-state index contributed by atoms with van der Waals surface area (Å²) in [7, 11) is 0. The molecule has 0 fully saturated rings. The van der Waals surface area contributed by atoms with Crippen molar-refractivity contribution in [3.05, 3.63) is 35.9 Å². The van der Waals surface area contributed by atoms with E-state index in [0.717, 1.165) is 12.1 Å². The maximum absolute atomic E-state index is 12.6. The fourth-order valence-corrected chi connectivity index (χ4v) is 2.23. The Balaban J connectivity index is 2.78. The quantitative estimate of drug-likeness (QED) is 0.786. The minimum absolute atomic E-state index is 0.138. The average molecular weight is 292 g/mol. The Morgan fingerprint density at radius 2 is 1.85 bits per heavy atom. The van der Waals surface area contributed by atoms with Crippen LogP contribution in [0.1, 0.15) is 38.7 Å². The van der Waals surface area contributed by atoms with Gasteiger partial charge >= 0.3 is 0 Å². The molecule has 1 aromatic carbocycles. The molecule has 0 aliphatic carbocycles. The number of hydrogen-bond donors (Lipinski definition) is 1. The molecule has 0 heterocycles. The van der Waals surface area contributed by atoms with Crippen LogP contribution in [0.5, 0.6) is 0 Å². The van der Waals surface area contributed by atoms with Crippen LogP contribution in [0, 0.1) is 5.92 Å². The molecule has 0 aliphatic heterocycles. The largest absolute Gasteiger partial charge is 0.393 e. The molecule has 0 spiro atoms. The van der Waals surface area contributed by atoms with Gasteiger partial charge in [-0.25, -0.2) is 0 Å². The van der Waals surface area contributed by atoms with Crippen LogP contribution in [-0.2, 0) is 4.79 Å². The SMILES string of the molecule is CC(C)CN(CCC(N)=S)C(=O)C(C)c1ccccc1. The first-order chi connectivity index (χ1) is 9.41. The number of nitrogens with zero attached hydrogens (tertiary/aromatic N) is 1. The fraction of sp³-hybridized carbons (Fsp3) is 0.500. The van der Waals surface area contributed by atoms with Crippen molar-refractivity contribution in [3.8, 4) is 0 Å². The number of thiocarbonyl (C=S) groups is 1. The molecule has 1 rings (SSSR count). The number of carbonyl (C=O) groups is 1. The molecule has 1 aromatic rings. The fourth-order valence-electron chi connectivity index (χ4n) is 2.14. The zero-order valence-corrected chi connectivity index (χ0v) is 13.3. The zero-order valence-electron chi connectivity index (χ0n) is 12.5. The molecule has 0 saturated heterocycles. The van der Waals surface area contributed by atoms with Gasteiger partial charge in [-0.2, -0.15) is 0 Å². The van der Waals surface area contributed by atoms with Crippen molar-refractivity contribution >= 4 is 23.1 Å². The highest BCUT2D eigenvalue weighted by molar-refractivity contribution is 7.80. The molecule has 1 amide bonds. The highest BCUT2D eigenvalue weighted by Crippen LogP contribution is 2.18. The second-order valence-corrected chi connectivity index (χ2v) is 6.05. The molecule has 0 radical (unpaired) electrons. The van der Waals surface area contributed by atoms with Crippen LogP contribution in [0.15, 0.2) is 30.3 Å². The molecular formula is C16H24N2OS. The first kappa shape index (κ1) is 16.6. The summed E-state index contributed by atoms with van der Waals surface area (Å²) in [5.74, 6) is 0.427. The second kappa shape index (κ2) is 8.00. The third kappa shape index (κ3) is 5.29. The minimum atomic E-state index is -0.138. The Morgan fingerprint density at radius 1 is 1.25 bits per heavy atom. The minimum Gasteiger partial charge on any atom is -0.393 e. The van der Waals surface area contributed by atoms with Crippen LogP contribution in [0.25, 0.3) is 0 Å². The van der Waals surface area contributed by atoms with E-state index in [1.54, 1.807) is 0 Å². The van der Waals surface area contributed by atoms with Gasteiger partial charge in [0.2, 0.25) is 5.91 Å². The number of hydrogen-bond acceptors (Lipinski definition) is 2. The summed E-state index contributed by atoms with van der Waals surface area (Å²) in [5.41, 5.74) is 6.60. The van der Waals surface area contributed by atoms with Gasteiger partial charge in [-0.3, -0.25) is 4.79 Å². The van der Waals surface area contributed by atoms with E-state index in [4.69, 9.17) is 18.0 Å². The smallest absolute Gasteiger partial charge is 0.229 e. The Bertz CT molecular complexity index is 445. The van der Waals surface area contributed by atoms with Gasteiger partial charge in [-0.15, -0.1) is 0 Å². The van der Waals surface area contributed by atoms with Gasteiger partial charge in [-0.1, -0.05) is 56.4 Å². The van der Waals surface area contributed by atoms with Crippen molar-refractivity contribution in [3.63, 3.8) is 0 Å². The van der Waals surface area contributed by atoms with Gasteiger partial charge in [0.05, 0.1) is 10.9 Å². The van der Waals surface area contributed by atoms with Crippen LogP contribution in [0.4, 0.5) is 0 Å². The van der Waals surface area contributed by atoms with E-state index in [1.165, 1.54) is 0 Å². The van der Waals surface area contributed by atoms with Gasteiger partial charge in [0.15, 0.2) is 0 Å². The molecule has 0 saturated carbocycles. The second-order valence-electron chi connectivity index (χ2n) is 5.53. The van der Waals surface area contributed by atoms with Gasteiger partial charge in [-0.05, 0) is 18.4 Å². The lowest BCUT2D eigenvalue weighted by Gasteiger charge is -2.27.